The van der Waals surface area contributed by atoms with Crippen LogP contribution in [0.3, 0.4) is 0 Å². The minimum Gasteiger partial charge on any atom is -0.459 e. The average molecular weight is 621 g/mol. The number of carbonyl (C=O) groups excluding carboxylic acids is 2. The minimum atomic E-state index is -0.282. The molecular formula is C40H48N2O4. The number of esters is 2. The van der Waals surface area contributed by atoms with E-state index in [9.17, 15) is 9.59 Å². The second kappa shape index (κ2) is 11.5. The second-order valence-electron chi connectivity index (χ2n) is 16.2. The van der Waals surface area contributed by atoms with E-state index < -0.39 is 0 Å². The molecule has 0 aliphatic carbocycles. The topological polar surface area (TPSA) is 76.7 Å². The Morgan fingerprint density at radius 2 is 1.04 bits per heavy atom. The molecule has 0 unspecified atom stereocenters. The van der Waals surface area contributed by atoms with Gasteiger partial charge in [-0.05, 0) is 118 Å². The molecule has 2 fully saturated rings. The van der Waals surface area contributed by atoms with Crippen LogP contribution in [0, 0.1) is 0 Å². The van der Waals surface area contributed by atoms with E-state index in [1.165, 1.54) is 0 Å². The van der Waals surface area contributed by atoms with Crippen molar-refractivity contribution in [2.75, 3.05) is 0 Å². The molecule has 6 heteroatoms. The standard InChI is InChI=1S/C40H48N2O4/c1-37(2)21-31(22-38(3,4)41-37)45-35(43)30-17-16-26-18-27(14-15-28(26)19-30)29-13-12-25-10-9-11-33(34(25)20-29)36(44)46-32-23-39(5,6)42-40(7,8)24-32/h9-20,31-32,41-42H,21-24H2,1-8H3. The highest BCUT2D eigenvalue weighted by Gasteiger charge is 2.40. The number of ether oxygens (including phenoxy) is 2. The maximum atomic E-state index is 13.6. The molecular weight excluding hydrogens is 572 g/mol. The van der Waals surface area contributed by atoms with E-state index in [2.05, 4.69) is 96.4 Å². The molecule has 0 radical (unpaired) electrons. The number of rotatable bonds is 5. The largest absolute Gasteiger partial charge is 0.459 e. The molecule has 2 heterocycles. The fraction of sp³-hybridized carbons (Fsp3) is 0.450. The first-order valence-electron chi connectivity index (χ1n) is 16.5. The van der Waals surface area contributed by atoms with Crippen LogP contribution < -0.4 is 10.6 Å². The van der Waals surface area contributed by atoms with Gasteiger partial charge in [-0.15, -0.1) is 0 Å². The van der Waals surface area contributed by atoms with Crippen molar-refractivity contribution in [2.45, 2.75) is 115 Å². The maximum absolute atomic E-state index is 13.6. The van der Waals surface area contributed by atoms with E-state index in [0.29, 0.717) is 11.1 Å². The van der Waals surface area contributed by atoms with E-state index >= 15 is 0 Å². The summed E-state index contributed by atoms with van der Waals surface area (Å²) in [4.78, 5) is 26.7. The quantitative estimate of drug-likeness (QED) is 0.218. The Bertz CT molecular complexity index is 1790. The van der Waals surface area contributed by atoms with Crippen LogP contribution in [0.5, 0.6) is 0 Å². The Hall–Kier alpha value is -3.74. The summed E-state index contributed by atoms with van der Waals surface area (Å²) in [7, 11) is 0. The normalized spacial score (nSPS) is 20.8. The van der Waals surface area contributed by atoms with Gasteiger partial charge < -0.3 is 20.1 Å². The number of piperidine rings is 2. The average Bonchev–Trinajstić information content (AvgIpc) is 2.92. The lowest BCUT2D eigenvalue weighted by molar-refractivity contribution is -0.00756. The number of hydrogen-bond acceptors (Lipinski definition) is 6. The molecule has 2 aliphatic rings. The summed E-state index contributed by atoms with van der Waals surface area (Å²) in [6.07, 6.45) is 2.80. The second-order valence-corrected chi connectivity index (χ2v) is 16.2. The summed E-state index contributed by atoms with van der Waals surface area (Å²) >= 11 is 0. The number of nitrogens with one attached hydrogen (secondary N) is 2. The zero-order valence-electron chi connectivity index (χ0n) is 28.5. The smallest absolute Gasteiger partial charge is 0.339 e. The number of carbonyl (C=O) groups is 2. The summed E-state index contributed by atoms with van der Waals surface area (Å²) in [5, 5.41) is 11.2. The van der Waals surface area contributed by atoms with Crippen LogP contribution in [0.4, 0.5) is 0 Å². The predicted octanol–water partition coefficient (Wildman–Crippen LogP) is 8.59. The lowest BCUT2D eigenvalue weighted by atomic mass is 9.81. The Morgan fingerprint density at radius 1 is 0.565 bits per heavy atom. The van der Waals surface area contributed by atoms with E-state index in [1.54, 1.807) is 0 Å². The molecule has 0 bridgehead atoms. The zero-order valence-corrected chi connectivity index (χ0v) is 28.5. The molecule has 242 valence electrons. The molecule has 6 rings (SSSR count). The minimum absolute atomic E-state index is 0.0994. The Balaban J connectivity index is 1.22. The summed E-state index contributed by atoms with van der Waals surface area (Å²) in [5.74, 6) is -0.564. The van der Waals surface area contributed by atoms with E-state index in [1.807, 2.05) is 42.5 Å². The van der Waals surface area contributed by atoms with Crippen LogP contribution in [0.25, 0.3) is 32.7 Å². The molecule has 4 aromatic carbocycles. The van der Waals surface area contributed by atoms with E-state index in [0.717, 1.165) is 58.4 Å². The SMILES string of the molecule is CC1(C)CC(OC(=O)c2ccc3cc(-c4ccc5cccc(C(=O)OC6CC(C)(C)NC(C)(C)C6)c5c4)ccc3c2)CC(C)(C)N1. The highest BCUT2D eigenvalue weighted by Crippen LogP contribution is 2.34. The zero-order chi connectivity index (χ0) is 33.1. The van der Waals surface area contributed by atoms with Gasteiger partial charge in [-0.25, -0.2) is 9.59 Å². The first kappa shape index (κ1) is 32.2. The third kappa shape index (κ3) is 7.13. The van der Waals surface area contributed by atoms with Gasteiger partial charge in [-0.2, -0.15) is 0 Å². The Kier molecular flexibility index (Phi) is 8.05. The van der Waals surface area contributed by atoms with E-state index in [-0.39, 0.29) is 46.3 Å². The van der Waals surface area contributed by atoms with Crippen molar-refractivity contribution >= 4 is 33.5 Å². The van der Waals surface area contributed by atoms with Crippen molar-refractivity contribution < 1.29 is 19.1 Å². The maximum Gasteiger partial charge on any atom is 0.339 e. The van der Waals surface area contributed by atoms with Gasteiger partial charge in [0.15, 0.2) is 0 Å². The van der Waals surface area contributed by atoms with Crippen molar-refractivity contribution in [3.63, 3.8) is 0 Å². The van der Waals surface area contributed by atoms with Crippen LogP contribution in [0.1, 0.15) is 102 Å². The number of benzene rings is 4. The molecule has 2 N–H and O–H groups in total. The van der Waals surface area contributed by atoms with Crippen molar-refractivity contribution in [1.29, 1.82) is 0 Å². The third-order valence-corrected chi connectivity index (χ3v) is 9.36. The molecule has 0 saturated carbocycles. The summed E-state index contributed by atoms with van der Waals surface area (Å²) in [6.45, 7) is 17.2. The van der Waals surface area contributed by atoms with Gasteiger partial charge in [0.2, 0.25) is 0 Å². The van der Waals surface area contributed by atoms with Gasteiger partial charge in [-0.3, -0.25) is 0 Å². The first-order valence-corrected chi connectivity index (χ1v) is 16.5. The van der Waals surface area contributed by atoms with Crippen molar-refractivity contribution in [1.82, 2.24) is 10.6 Å². The number of hydrogen-bond donors (Lipinski definition) is 2. The van der Waals surface area contributed by atoms with Gasteiger partial charge in [0.05, 0.1) is 11.1 Å². The lowest BCUT2D eigenvalue weighted by Crippen LogP contribution is -2.59. The molecule has 6 nitrogen and oxygen atoms in total. The highest BCUT2D eigenvalue weighted by atomic mass is 16.5. The molecule has 0 aromatic heterocycles. The molecule has 2 saturated heterocycles. The van der Waals surface area contributed by atoms with Crippen molar-refractivity contribution in [3.05, 3.63) is 83.9 Å². The Morgan fingerprint density at radius 3 is 1.63 bits per heavy atom. The van der Waals surface area contributed by atoms with Gasteiger partial charge in [0.25, 0.3) is 0 Å². The van der Waals surface area contributed by atoms with Gasteiger partial charge in [-0.1, -0.05) is 42.5 Å². The predicted molar refractivity (Wildman–Crippen MR) is 186 cm³/mol. The summed E-state index contributed by atoms with van der Waals surface area (Å²) < 4.78 is 12.1. The molecule has 0 amide bonds. The first-order chi connectivity index (χ1) is 21.5. The monoisotopic (exact) mass is 620 g/mol. The molecule has 46 heavy (non-hydrogen) atoms. The van der Waals surface area contributed by atoms with Crippen LogP contribution in [-0.4, -0.2) is 46.3 Å². The van der Waals surface area contributed by atoms with Crippen LogP contribution >= 0.6 is 0 Å². The summed E-state index contributed by atoms with van der Waals surface area (Å²) in [6, 6.07) is 24.0. The molecule has 2 aliphatic heterocycles. The van der Waals surface area contributed by atoms with Crippen LogP contribution in [0.15, 0.2) is 72.8 Å². The lowest BCUT2D eigenvalue weighted by Gasteiger charge is -2.45. The molecule has 0 atom stereocenters. The van der Waals surface area contributed by atoms with Gasteiger partial charge >= 0.3 is 11.9 Å². The molecule has 4 aromatic rings. The van der Waals surface area contributed by atoms with Gasteiger partial charge in [0, 0.05) is 47.8 Å². The van der Waals surface area contributed by atoms with Gasteiger partial charge in [0.1, 0.15) is 12.2 Å². The third-order valence-electron chi connectivity index (χ3n) is 9.36. The highest BCUT2D eigenvalue weighted by molar-refractivity contribution is 6.06. The van der Waals surface area contributed by atoms with Crippen LogP contribution in [0.2, 0.25) is 0 Å². The van der Waals surface area contributed by atoms with E-state index in [4.69, 9.17) is 9.47 Å². The van der Waals surface area contributed by atoms with Crippen LogP contribution in [-0.2, 0) is 9.47 Å². The number of fused-ring (bicyclic) bond motifs is 2. The fourth-order valence-corrected chi connectivity index (χ4v) is 8.24. The Labute approximate surface area is 273 Å². The fourth-order valence-electron chi connectivity index (χ4n) is 8.24. The molecule has 0 spiro atoms. The van der Waals surface area contributed by atoms with Crippen molar-refractivity contribution in [3.8, 4) is 11.1 Å². The van der Waals surface area contributed by atoms with Crippen molar-refractivity contribution in [2.24, 2.45) is 0 Å². The summed E-state index contributed by atoms with van der Waals surface area (Å²) in [5.41, 5.74) is 2.76.